The summed E-state index contributed by atoms with van der Waals surface area (Å²) in [4.78, 5) is 21.8. The van der Waals surface area contributed by atoms with Crippen LogP contribution >= 0.6 is 23.5 Å². The first kappa shape index (κ1) is 18.8. The van der Waals surface area contributed by atoms with Crippen molar-refractivity contribution in [2.75, 3.05) is 13.1 Å². The van der Waals surface area contributed by atoms with Crippen molar-refractivity contribution >= 4 is 40.7 Å². The molecule has 0 N–H and O–H groups in total. The van der Waals surface area contributed by atoms with Crippen molar-refractivity contribution in [2.45, 2.75) is 30.6 Å². The number of amidine groups is 1. The molecule has 1 aliphatic rings. The van der Waals surface area contributed by atoms with Gasteiger partial charge in [-0.1, -0.05) is 41.6 Å². The second-order valence-corrected chi connectivity index (χ2v) is 8.06. The number of carbonyl (C=O) groups is 1. The van der Waals surface area contributed by atoms with Gasteiger partial charge in [-0.25, -0.2) is 0 Å². The molecular formula is C21H22N2OS2. The maximum atomic E-state index is 12.5. The molecule has 5 heteroatoms. The number of hydrogen-bond donors (Lipinski definition) is 0. The van der Waals surface area contributed by atoms with Gasteiger partial charge in [0.15, 0.2) is 5.17 Å². The van der Waals surface area contributed by atoms with Crippen LogP contribution in [0.2, 0.25) is 0 Å². The molecule has 0 saturated carbocycles. The van der Waals surface area contributed by atoms with E-state index in [0.717, 1.165) is 15.6 Å². The molecule has 2 aromatic carbocycles. The van der Waals surface area contributed by atoms with Crippen molar-refractivity contribution in [3.05, 3.63) is 64.6 Å². The Morgan fingerprint density at radius 1 is 1.04 bits per heavy atom. The van der Waals surface area contributed by atoms with Gasteiger partial charge in [-0.05, 0) is 68.4 Å². The molecule has 134 valence electrons. The van der Waals surface area contributed by atoms with E-state index in [1.54, 1.807) is 16.7 Å². The lowest BCUT2D eigenvalue weighted by atomic mass is 10.2. The molecule has 2 aromatic rings. The molecule has 3 nitrogen and oxygen atoms in total. The van der Waals surface area contributed by atoms with Gasteiger partial charge in [0.2, 0.25) is 0 Å². The Kier molecular flexibility index (Phi) is 6.22. The third kappa shape index (κ3) is 4.40. The summed E-state index contributed by atoms with van der Waals surface area (Å²) in [5.74, 6) is 0.0443. The molecule has 0 radical (unpaired) electrons. The normalized spacial score (nSPS) is 17.5. The third-order valence-electron chi connectivity index (χ3n) is 3.93. The van der Waals surface area contributed by atoms with Gasteiger partial charge in [-0.2, -0.15) is 0 Å². The minimum atomic E-state index is 0.0443. The zero-order valence-corrected chi connectivity index (χ0v) is 16.9. The van der Waals surface area contributed by atoms with Crippen molar-refractivity contribution in [2.24, 2.45) is 4.99 Å². The Bertz CT molecular complexity index is 839. The van der Waals surface area contributed by atoms with E-state index in [2.05, 4.69) is 60.4 Å². The fraction of sp³-hybridized carbons (Fsp3) is 0.238. The maximum absolute atomic E-state index is 12.5. The van der Waals surface area contributed by atoms with Gasteiger partial charge in [0, 0.05) is 22.9 Å². The second-order valence-electron chi connectivity index (χ2n) is 5.90. The molecule has 1 heterocycles. The van der Waals surface area contributed by atoms with Gasteiger partial charge in [0.05, 0.1) is 4.91 Å². The molecule has 0 aromatic heterocycles. The standard InChI is InChI=1S/C21H22N2OS2/c1-4-22-21-23(5-2)20(24)19(26-21)14-16-8-12-18(13-9-16)25-17-10-6-15(3)7-11-17/h6-14H,4-5H2,1-3H3/b19-14-,22-21?. The number of thioether (sulfide) groups is 1. The molecule has 0 spiro atoms. The minimum absolute atomic E-state index is 0.0443. The van der Waals surface area contributed by atoms with Crippen LogP contribution in [0.5, 0.6) is 0 Å². The lowest BCUT2D eigenvalue weighted by Gasteiger charge is -2.11. The first-order chi connectivity index (χ1) is 12.6. The van der Waals surface area contributed by atoms with E-state index in [9.17, 15) is 4.79 Å². The number of amides is 1. The number of aryl methyl sites for hydroxylation is 1. The van der Waals surface area contributed by atoms with E-state index in [1.165, 1.54) is 27.1 Å². The van der Waals surface area contributed by atoms with Gasteiger partial charge < -0.3 is 0 Å². The molecule has 0 atom stereocenters. The summed E-state index contributed by atoms with van der Waals surface area (Å²) < 4.78 is 0. The predicted molar refractivity (Wildman–Crippen MR) is 113 cm³/mol. The molecule has 1 aliphatic heterocycles. The fourth-order valence-corrected chi connectivity index (χ4v) is 4.49. The van der Waals surface area contributed by atoms with Crippen LogP contribution in [0, 0.1) is 6.92 Å². The number of aliphatic imine (C=N–C) groups is 1. The number of benzene rings is 2. The molecule has 1 amide bonds. The molecule has 1 fully saturated rings. The Labute approximate surface area is 163 Å². The Balaban J connectivity index is 1.74. The molecular weight excluding hydrogens is 360 g/mol. The SMILES string of the molecule is CCN=C1S/C(=C\c2ccc(Sc3ccc(C)cc3)cc2)C(=O)N1CC. The molecule has 26 heavy (non-hydrogen) atoms. The molecule has 3 rings (SSSR count). The van der Waals surface area contributed by atoms with Crippen molar-refractivity contribution in [3.8, 4) is 0 Å². The van der Waals surface area contributed by atoms with Crippen molar-refractivity contribution in [1.82, 2.24) is 4.90 Å². The Morgan fingerprint density at radius 3 is 2.23 bits per heavy atom. The monoisotopic (exact) mass is 382 g/mol. The van der Waals surface area contributed by atoms with Gasteiger partial charge in [-0.15, -0.1) is 0 Å². The van der Waals surface area contributed by atoms with Crippen molar-refractivity contribution in [1.29, 1.82) is 0 Å². The number of hydrogen-bond acceptors (Lipinski definition) is 4. The van der Waals surface area contributed by atoms with Crippen LogP contribution in [0.4, 0.5) is 0 Å². The van der Waals surface area contributed by atoms with Crippen LogP contribution in [0.1, 0.15) is 25.0 Å². The average Bonchev–Trinajstić information content (AvgIpc) is 2.93. The summed E-state index contributed by atoms with van der Waals surface area (Å²) in [7, 11) is 0. The number of likely N-dealkylation sites (N-methyl/N-ethyl adjacent to an activating group) is 1. The number of carbonyl (C=O) groups excluding carboxylic acids is 1. The van der Waals surface area contributed by atoms with Crippen LogP contribution < -0.4 is 0 Å². The van der Waals surface area contributed by atoms with E-state index >= 15 is 0 Å². The highest BCUT2D eigenvalue weighted by Crippen LogP contribution is 2.33. The maximum Gasteiger partial charge on any atom is 0.266 e. The Morgan fingerprint density at radius 2 is 1.65 bits per heavy atom. The van der Waals surface area contributed by atoms with Crippen LogP contribution in [0.3, 0.4) is 0 Å². The van der Waals surface area contributed by atoms with Gasteiger partial charge in [-0.3, -0.25) is 14.7 Å². The zero-order valence-electron chi connectivity index (χ0n) is 15.2. The van der Waals surface area contributed by atoms with Crippen molar-refractivity contribution < 1.29 is 4.79 Å². The van der Waals surface area contributed by atoms with Crippen LogP contribution in [0.25, 0.3) is 6.08 Å². The second kappa shape index (κ2) is 8.60. The quantitative estimate of drug-likeness (QED) is 0.644. The fourth-order valence-electron chi connectivity index (χ4n) is 2.57. The summed E-state index contributed by atoms with van der Waals surface area (Å²) >= 11 is 3.20. The van der Waals surface area contributed by atoms with Gasteiger partial charge in [0.1, 0.15) is 0 Å². The first-order valence-electron chi connectivity index (χ1n) is 8.71. The molecule has 0 unspecified atom stereocenters. The molecule has 1 saturated heterocycles. The summed E-state index contributed by atoms with van der Waals surface area (Å²) in [5.41, 5.74) is 2.30. The molecule has 0 bridgehead atoms. The third-order valence-corrected chi connectivity index (χ3v) is 5.99. The summed E-state index contributed by atoms with van der Waals surface area (Å²) in [6.45, 7) is 7.38. The van der Waals surface area contributed by atoms with E-state index in [1.807, 2.05) is 19.9 Å². The topological polar surface area (TPSA) is 32.7 Å². The predicted octanol–water partition coefficient (Wildman–Crippen LogP) is 5.46. The molecule has 0 aliphatic carbocycles. The average molecular weight is 383 g/mol. The number of nitrogens with zero attached hydrogens (tertiary/aromatic N) is 2. The summed E-state index contributed by atoms with van der Waals surface area (Å²) in [5, 5.41) is 0.804. The van der Waals surface area contributed by atoms with Crippen LogP contribution in [0.15, 0.2) is 68.2 Å². The van der Waals surface area contributed by atoms with E-state index in [0.29, 0.717) is 13.1 Å². The highest BCUT2D eigenvalue weighted by atomic mass is 32.2. The zero-order chi connectivity index (χ0) is 18.5. The highest BCUT2D eigenvalue weighted by Gasteiger charge is 2.31. The van der Waals surface area contributed by atoms with Gasteiger partial charge >= 0.3 is 0 Å². The lowest BCUT2D eigenvalue weighted by Crippen LogP contribution is -2.28. The van der Waals surface area contributed by atoms with Gasteiger partial charge in [0.25, 0.3) is 5.91 Å². The summed E-state index contributed by atoms with van der Waals surface area (Å²) in [6, 6.07) is 16.8. The van der Waals surface area contributed by atoms with Crippen LogP contribution in [-0.2, 0) is 4.79 Å². The minimum Gasteiger partial charge on any atom is -0.287 e. The largest absolute Gasteiger partial charge is 0.287 e. The van der Waals surface area contributed by atoms with E-state index in [-0.39, 0.29) is 5.91 Å². The summed E-state index contributed by atoms with van der Waals surface area (Å²) in [6.07, 6.45) is 1.95. The number of rotatable bonds is 5. The first-order valence-corrected chi connectivity index (χ1v) is 10.3. The van der Waals surface area contributed by atoms with E-state index in [4.69, 9.17) is 0 Å². The van der Waals surface area contributed by atoms with E-state index < -0.39 is 0 Å². The Hall–Kier alpha value is -1.98. The van der Waals surface area contributed by atoms with Crippen LogP contribution in [-0.4, -0.2) is 29.1 Å². The van der Waals surface area contributed by atoms with Crippen molar-refractivity contribution in [3.63, 3.8) is 0 Å². The smallest absolute Gasteiger partial charge is 0.266 e. The lowest BCUT2D eigenvalue weighted by molar-refractivity contribution is -0.122. The highest BCUT2D eigenvalue weighted by molar-refractivity contribution is 8.18.